The molecule has 28 heavy (non-hydrogen) atoms. The summed E-state index contributed by atoms with van der Waals surface area (Å²) in [6, 6.07) is 10.2. The first-order valence-corrected chi connectivity index (χ1v) is 8.95. The van der Waals surface area contributed by atoms with Crippen LogP contribution in [0.25, 0.3) is 0 Å². The maximum atomic E-state index is 12.8. The zero-order chi connectivity index (χ0) is 20.1. The Kier molecular flexibility index (Phi) is 5.88. The van der Waals surface area contributed by atoms with Crippen molar-refractivity contribution in [3.63, 3.8) is 0 Å². The van der Waals surface area contributed by atoms with Crippen molar-refractivity contribution in [1.29, 1.82) is 0 Å². The standard InChI is InChI=1S/C20H22N4O4/c1-14(25)23-9-11-24(12-10-23)19(26)15-7-8-21-18(13-15)22-17-6-4-3-5-16(17)20(27)28-2/h3-8,13H,9-12H2,1-2H3,(H,21,22). The number of piperazine rings is 1. The fraction of sp³-hybridized carbons (Fsp3) is 0.300. The number of carbonyl (C=O) groups excluding carboxylic acids is 3. The molecule has 1 aromatic heterocycles. The van der Waals surface area contributed by atoms with Gasteiger partial charge in [-0.3, -0.25) is 9.59 Å². The Morgan fingerprint density at radius 3 is 2.39 bits per heavy atom. The summed E-state index contributed by atoms with van der Waals surface area (Å²) < 4.78 is 4.79. The number of hydrogen-bond donors (Lipinski definition) is 1. The van der Waals surface area contributed by atoms with Gasteiger partial charge in [-0.2, -0.15) is 0 Å². The summed E-state index contributed by atoms with van der Waals surface area (Å²) in [5.41, 5.74) is 1.41. The van der Waals surface area contributed by atoms with E-state index in [9.17, 15) is 14.4 Å². The Bertz CT molecular complexity index is 891. The summed E-state index contributed by atoms with van der Waals surface area (Å²) in [5.74, 6) is -0.107. The average Bonchev–Trinajstić information content (AvgIpc) is 2.73. The number of pyridine rings is 1. The molecule has 0 unspecified atom stereocenters. The van der Waals surface area contributed by atoms with Crippen molar-refractivity contribution in [1.82, 2.24) is 14.8 Å². The van der Waals surface area contributed by atoms with E-state index in [0.29, 0.717) is 48.8 Å². The van der Waals surface area contributed by atoms with Crippen LogP contribution in [-0.4, -0.2) is 65.9 Å². The molecule has 0 bridgehead atoms. The number of hydrogen-bond acceptors (Lipinski definition) is 6. The molecule has 1 saturated heterocycles. The van der Waals surface area contributed by atoms with Crippen LogP contribution in [0.2, 0.25) is 0 Å². The van der Waals surface area contributed by atoms with E-state index in [0.717, 1.165) is 0 Å². The Morgan fingerprint density at radius 1 is 1.04 bits per heavy atom. The van der Waals surface area contributed by atoms with E-state index in [-0.39, 0.29) is 11.8 Å². The number of methoxy groups -OCH3 is 1. The molecule has 1 aliphatic rings. The number of aromatic nitrogens is 1. The summed E-state index contributed by atoms with van der Waals surface area (Å²) in [6.07, 6.45) is 1.54. The number of para-hydroxylation sites is 1. The molecule has 3 rings (SSSR count). The van der Waals surface area contributed by atoms with Crippen LogP contribution in [0, 0.1) is 0 Å². The van der Waals surface area contributed by atoms with Gasteiger partial charge in [-0.05, 0) is 24.3 Å². The van der Waals surface area contributed by atoms with Gasteiger partial charge in [0, 0.05) is 44.9 Å². The van der Waals surface area contributed by atoms with E-state index in [1.165, 1.54) is 14.0 Å². The lowest BCUT2D eigenvalue weighted by Gasteiger charge is -2.34. The van der Waals surface area contributed by atoms with Crippen LogP contribution in [0.5, 0.6) is 0 Å². The van der Waals surface area contributed by atoms with Gasteiger partial charge in [0.1, 0.15) is 5.82 Å². The van der Waals surface area contributed by atoms with Crippen molar-refractivity contribution in [3.05, 3.63) is 53.7 Å². The van der Waals surface area contributed by atoms with Crippen molar-refractivity contribution >= 4 is 29.3 Å². The van der Waals surface area contributed by atoms with Crippen LogP contribution in [0.4, 0.5) is 11.5 Å². The molecule has 0 atom stereocenters. The molecule has 8 heteroatoms. The van der Waals surface area contributed by atoms with Crippen molar-refractivity contribution < 1.29 is 19.1 Å². The van der Waals surface area contributed by atoms with E-state index >= 15 is 0 Å². The highest BCUT2D eigenvalue weighted by atomic mass is 16.5. The van der Waals surface area contributed by atoms with Crippen molar-refractivity contribution in [2.75, 3.05) is 38.6 Å². The number of carbonyl (C=O) groups is 3. The first kappa shape index (κ1) is 19.3. The minimum Gasteiger partial charge on any atom is -0.465 e. The first-order valence-electron chi connectivity index (χ1n) is 8.95. The van der Waals surface area contributed by atoms with Gasteiger partial charge in [0.05, 0.1) is 18.4 Å². The number of nitrogens with one attached hydrogen (secondary N) is 1. The van der Waals surface area contributed by atoms with Gasteiger partial charge in [0.2, 0.25) is 5.91 Å². The molecule has 1 aromatic carbocycles. The van der Waals surface area contributed by atoms with Crippen LogP contribution < -0.4 is 5.32 Å². The molecule has 1 aliphatic heterocycles. The topological polar surface area (TPSA) is 91.8 Å². The third-order valence-electron chi connectivity index (χ3n) is 4.61. The maximum Gasteiger partial charge on any atom is 0.339 e. The molecule has 0 aliphatic carbocycles. The fourth-order valence-electron chi connectivity index (χ4n) is 3.06. The number of ether oxygens (including phenoxy) is 1. The largest absolute Gasteiger partial charge is 0.465 e. The predicted molar refractivity (Wildman–Crippen MR) is 103 cm³/mol. The highest BCUT2D eigenvalue weighted by molar-refractivity contribution is 5.97. The average molecular weight is 382 g/mol. The SMILES string of the molecule is COC(=O)c1ccccc1Nc1cc(C(=O)N2CCN(C(C)=O)CC2)ccn1. The summed E-state index contributed by atoms with van der Waals surface area (Å²) in [6.45, 7) is 3.58. The van der Waals surface area contributed by atoms with Gasteiger partial charge >= 0.3 is 5.97 Å². The molecule has 2 heterocycles. The number of anilines is 2. The summed E-state index contributed by atoms with van der Waals surface area (Å²) in [4.78, 5) is 43.8. The molecule has 0 spiro atoms. The van der Waals surface area contributed by atoms with E-state index in [1.54, 1.807) is 52.4 Å². The van der Waals surface area contributed by atoms with Crippen molar-refractivity contribution in [3.8, 4) is 0 Å². The smallest absolute Gasteiger partial charge is 0.339 e. The van der Waals surface area contributed by atoms with Gasteiger partial charge < -0.3 is 19.9 Å². The minimum atomic E-state index is -0.460. The van der Waals surface area contributed by atoms with Crippen LogP contribution >= 0.6 is 0 Å². The lowest BCUT2D eigenvalue weighted by atomic mass is 10.1. The lowest BCUT2D eigenvalue weighted by Crippen LogP contribution is -2.50. The van der Waals surface area contributed by atoms with Gasteiger partial charge in [0.25, 0.3) is 5.91 Å². The van der Waals surface area contributed by atoms with Crippen molar-refractivity contribution in [2.24, 2.45) is 0 Å². The molecular formula is C20H22N4O4. The van der Waals surface area contributed by atoms with E-state index in [2.05, 4.69) is 10.3 Å². The second kappa shape index (κ2) is 8.51. The third kappa shape index (κ3) is 4.28. The fourth-order valence-corrected chi connectivity index (χ4v) is 3.06. The molecular weight excluding hydrogens is 360 g/mol. The number of amides is 2. The molecule has 1 fully saturated rings. The molecule has 2 amide bonds. The Hall–Kier alpha value is -3.42. The zero-order valence-corrected chi connectivity index (χ0v) is 15.8. The van der Waals surface area contributed by atoms with Gasteiger partial charge in [-0.25, -0.2) is 9.78 Å². The van der Waals surface area contributed by atoms with Crippen LogP contribution in [-0.2, 0) is 9.53 Å². The van der Waals surface area contributed by atoms with Gasteiger partial charge in [-0.15, -0.1) is 0 Å². The second-order valence-electron chi connectivity index (χ2n) is 6.39. The lowest BCUT2D eigenvalue weighted by molar-refractivity contribution is -0.130. The highest BCUT2D eigenvalue weighted by Crippen LogP contribution is 2.21. The minimum absolute atomic E-state index is 0.0202. The van der Waals surface area contributed by atoms with Crippen molar-refractivity contribution in [2.45, 2.75) is 6.92 Å². The normalized spacial score (nSPS) is 13.8. The van der Waals surface area contributed by atoms with E-state index < -0.39 is 5.97 Å². The number of rotatable bonds is 4. The van der Waals surface area contributed by atoms with E-state index in [4.69, 9.17) is 4.74 Å². The first-order chi connectivity index (χ1) is 13.5. The van der Waals surface area contributed by atoms with Crippen LogP contribution in [0.3, 0.4) is 0 Å². The number of esters is 1. The summed E-state index contributed by atoms with van der Waals surface area (Å²) in [5, 5.41) is 3.07. The second-order valence-corrected chi connectivity index (χ2v) is 6.39. The van der Waals surface area contributed by atoms with Gasteiger partial charge in [-0.1, -0.05) is 12.1 Å². The maximum absolute atomic E-state index is 12.8. The van der Waals surface area contributed by atoms with Crippen LogP contribution in [0.15, 0.2) is 42.6 Å². The summed E-state index contributed by atoms with van der Waals surface area (Å²) >= 11 is 0. The number of benzene rings is 1. The molecule has 8 nitrogen and oxygen atoms in total. The zero-order valence-electron chi connectivity index (χ0n) is 15.8. The predicted octanol–water partition coefficient (Wildman–Crippen LogP) is 1.92. The van der Waals surface area contributed by atoms with Gasteiger partial charge in [0.15, 0.2) is 0 Å². The third-order valence-corrected chi connectivity index (χ3v) is 4.61. The summed E-state index contributed by atoms with van der Waals surface area (Å²) in [7, 11) is 1.32. The van der Waals surface area contributed by atoms with E-state index in [1.807, 2.05) is 0 Å². The van der Waals surface area contributed by atoms with Crippen LogP contribution in [0.1, 0.15) is 27.6 Å². The Morgan fingerprint density at radius 2 is 1.71 bits per heavy atom. The Labute approximate surface area is 163 Å². The molecule has 2 aromatic rings. The molecule has 146 valence electrons. The molecule has 0 saturated carbocycles. The monoisotopic (exact) mass is 382 g/mol. The Balaban J connectivity index is 1.74. The molecule has 1 N–H and O–H groups in total. The highest BCUT2D eigenvalue weighted by Gasteiger charge is 2.23. The quantitative estimate of drug-likeness (QED) is 0.813. The number of nitrogens with zero attached hydrogens (tertiary/aromatic N) is 3. The molecule has 0 radical (unpaired) electrons.